The van der Waals surface area contributed by atoms with Gasteiger partial charge in [0.2, 0.25) is 5.91 Å². The average molecular weight is 523 g/mol. The van der Waals surface area contributed by atoms with Crippen molar-refractivity contribution in [3.05, 3.63) is 99.8 Å². The van der Waals surface area contributed by atoms with E-state index in [1.54, 1.807) is 48.5 Å². The highest BCUT2D eigenvalue weighted by Crippen LogP contribution is 2.21. The number of fused-ring (bicyclic) bond motifs is 1. The van der Waals surface area contributed by atoms with Gasteiger partial charge in [0, 0.05) is 17.7 Å². The molecule has 0 bridgehead atoms. The highest BCUT2D eigenvalue weighted by molar-refractivity contribution is 7.99. The molecular formula is C27H24F2N4O3S. The van der Waals surface area contributed by atoms with Crippen molar-refractivity contribution in [2.75, 3.05) is 11.1 Å². The van der Waals surface area contributed by atoms with Crippen LogP contribution in [0.2, 0.25) is 0 Å². The van der Waals surface area contributed by atoms with Crippen LogP contribution in [0.15, 0.2) is 76.7 Å². The molecule has 190 valence electrons. The maximum absolute atomic E-state index is 13.9. The van der Waals surface area contributed by atoms with E-state index < -0.39 is 17.5 Å². The summed E-state index contributed by atoms with van der Waals surface area (Å²) in [5, 5.41) is 5.89. The summed E-state index contributed by atoms with van der Waals surface area (Å²) in [7, 11) is 0. The number of aromatic nitrogens is 2. The molecule has 2 amide bonds. The number of anilines is 1. The fraction of sp³-hybridized carbons (Fsp3) is 0.185. The Morgan fingerprint density at radius 3 is 2.49 bits per heavy atom. The minimum atomic E-state index is -0.758. The zero-order valence-electron chi connectivity index (χ0n) is 20.1. The molecule has 10 heteroatoms. The van der Waals surface area contributed by atoms with Crippen LogP contribution in [0.25, 0.3) is 10.9 Å². The first-order chi connectivity index (χ1) is 17.7. The molecule has 0 unspecified atom stereocenters. The van der Waals surface area contributed by atoms with Gasteiger partial charge in [-0.3, -0.25) is 19.0 Å². The van der Waals surface area contributed by atoms with Crippen LogP contribution in [0.3, 0.4) is 0 Å². The molecule has 4 aromatic rings. The molecule has 0 aliphatic carbocycles. The average Bonchev–Trinajstić information content (AvgIpc) is 2.87. The van der Waals surface area contributed by atoms with Crippen molar-refractivity contribution in [3.8, 4) is 0 Å². The van der Waals surface area contributed by atoms with E-state index >= 15 is 0 Å². The van der Waals surface area contributed by atoms with Crippen LogP contribution in [0.1, 0.15) is 29.8 Å². The highest BCUT2D eigenvalue weighted by atomic mass is 32.2. The second-order valence-corrected chi connectivity index (χ2v) is 9.53. The Labute approximate surface area is 215 Å². The minimum absolute atomic E-state index is 0.00335. The van der Waals surface area contributed by atoms with E-state index in [0.29, 0.717) is 21.6 Å². The molecule has 0 saturated carbocycles. The predicted molar refractivity (Wildman–Crippen MR) is 140 cm³/mol. The molecule has 2 N–H and O–H groups in total. The van der Waals surface area contributed by atoms with Gasteiger partial charge in [-0.2, -0.15) is 0 Å². The number of nitrogens with zero attached hydrogens (tertiary/aromatic N) is 2. The molecule has 0 aliphatic heterocycles. The number of nitrogens with one attached hydrogen (secondary N) is 2. The lowest BCUT2D eigenvalue weighted by atomic mass is 10.1. The number of carbonyl (C=O) groups is 2. The van der Waals surface area contributed by atoms with Gasteiger partial charge in [-0.05, 0) is 55.8 Å². The lowest BCUT2D eigenvalue weighted by Gasteiger charge is -2.14. The zero-order valence-corrected chi connectivity index (χ0v) is 20.9. The first-order valence-corrected chi connectivity index (χ1v) is 12.5. The summed E-state index contributed by atoms with van der Waals surface area (Å²) in [5.74, 6) is -2.39. The minimum Gasteiger partial charge on any atom is -0.350 e. The van der Waals surface area contributed by atoms with Gasteiger partial charge in [0.1, 0.15) is 11.6 Å². The van der Waals surface area contributed by atoms with Crippen LogP contribution >= 0.6 is 11.8 Å². The van der Waals surface area contributed by atoms with Gasteiger partial charge in [-0.25, -0.2) is 13.8 Å². The Balaban J connectivity index is 1.58. The third-order valence-corrected chi connectivity index (χ3v) is 6.31. The molecular weight excluding hydrogens is 498 g/mol. The summed E-state index contributed by atoms with van der Waals surface area (Å²) in [6.07, 6.45) is 0. The fourth-order valence-electron chi connectivity index (χ4n) is 3.60. The van der Waals surface area contributed by atoms with E-state index in [1.807, 2.05) is 13.8 Å². The van der Waals surface area contributed by atoms with E-state index in [1.165, 1.54) is 4.57 Å². The standard InChI is InChI=1S/C27H24F2N4O3S/c1-16(2)30-25(35)18-9-7-17(8-10-18)14-33-26(36)20-5-3-4-6-22(20)32-27(33)37-15-24(34)31-23-13-19(28)11-12-21(23)29/h3-13,16H,14-15H2,1-2H3,(H,30,35)(H,31,34). The second-order valence-electron chi connectivity index (χ2n) is 8.59. The topological polar surface area (TPSA) is 93.1 Å². The normalized spacial score (nSPS) is 11.1. The van der Waals surface area contributed by atoms with Crippen molar-refractivity contribution in [2.24, 2.45) is 0 Å². The number of para-hydroxylation sites is 1. The van der Waals surface area contributed by atoms with Gasteiger partial charge in [0.15, 0.2) is 5.16 Å². The van der Waals surface area contributed by atoms with Crippen molar-refractivity contribution in [1.82, 2.24) is 14.9 Å². The van der Waals surface area contributed by atoms with Crippen molar-refractivity contribution in [1.29, 1.82) is 0 Å². The molecule has 37 heavy (non-hydrogen) atoms. The highest BCUT2D eigenvalue weighted by Gasteiger charge is 2.15. The third-order valence-electron chi connectivity index (χ3n) is 5.34. The van der Waals surface area contributed by atoms with Crippen LogP contribution in [-0.4, -0.2) is 33.2 Å². The molecule has 1 heterocycles. The van der Waals surface area contributed by atoms with Gasteiger partial charge in [0.05, 0.1) is 28.9 Å². The Morgan fingerprint density at radius 2 is 1.76 bits per heavy atom. The number of amides is 2. The number of rotatable bonds is 8. The van der Waals surface area contributed by atoms with Gasteiger partial charge in [0.25, 0.3) is 11.5 Å². The number of halogens is 2. The smallest absolute Gasteiger partial charge is 0.262 e. The van der Waals surface area contributed by atoms with Crippen LogP contribution in [0.5, 0.6) is 0 Å². The van der Waals surface area contributed by atoms with Gasteiger partial charge < -0.3 is 10.6 Å². The Hall–Kier alpha value is -4.05. The van der Waals surface area contributed by atoms with Gasteiger partial charge in [-0.1, -0.05) is 36.0 Å². The molecule has 4 rings (SSSR count). The van der Waals surface area contributed by atoms with Gasteiger partial charge >= 0.3 is 0 Å². The molecule has 0 fully saturated rings. The Bertz CT molecular complexity index is 1520. The van der Waals surface area contributed by atoms with Crippen molar-refractivity contribution in [2.45, 2.75) is 31.6 Å². The zero-order chi connectivity index (χ0) is 26.5. The van der Waals surface area contributed by atoms with Crippen LogP contribution in [0.4, 0.5) is 14.5 Å². The van der Waals surface area contributed by atoms with Crippen LogP contribution in [-0.2, 0) is 11.3 Å². The van der Waals surface area contributed by atoms with E-state index in [0.717, 1.165) is 35.5 Å². The second kappa shape index (κ2) is 11.3. The summed E-state index contributed by atoms with van der Waals surface area (Å²) in [4.78, 5) is 42.6. The molecule has 1 aromatic heterocycles. The van der Waals surface area contributed by atoms with E-state index in [9.17, 15) is 23.2 Å². The maximum atomic E-state index is 13.9. The number of carbonyl (C=O) groups excluding carboxylic acids is 2. The largest absolute Gasteiger partial charge is 0.350 e. The number of thioether (sulfide) groups is 1. The first-order valence-electron chi connectivity index (χ1n) is 11.5. The van der Waals surface area contributed by atoms with Crippen molar-refractivity contribution in [3.63, 3.8) is 0 Å². The summed E-state index contributed by atoms with van der Waals surface area (Å²) in [6, 6.07) is 16.5. The summed E-state index contributed by atoms with van der Waals surface area (Å²) in [5.41, 5.74) is 1.18. The number of hydrogen-bond acceptors (Lipinski definition) is 5. The number of benzene rings is 3. The molecule has 0 saturated heterocycles. The molecule has 0 spiro atoms. The van der Waals surface area contributed by atoms with Crippen LogP contribution in [0, 0.1) is 11.6 Å². The van der Waals surface area contributed by atoms with E-state index in [2.05, 4.69) is 15.6 Å². The summed E-state index contributed by atoms with van der Waals surface area (Å²) in [6.45, 7) is 3.91. The SMILES string of the molecule is CC(C)NC(=O)c1ccc(Cn2c(SCC(=O)Nc3cc(F)ccc3F)nc3ccccc3c2=O)cc1. The maximum Gasteiger partial charge on any atom is 0.262 e. The summed E-state index contributed by atoms with van der Waals surface area (Å²) < 4.78 is 28.8. The van der Waals surface area contributed by atoms with E-state index in [4.69, 9.17) is 0 Å². The lowest BCUT2D eigenvalue weighted by Crippen LogP contribution is -2.30. The van der Waals surface area contributed by atoms with Crippen molar-refractivity contribution >= 4 is 40.2 Å². The summed E-state index contributed by atoms with van der Waals surface area (Å²) >= 11 is 1.01. The van der Waals surface area contributed by atoms with Crippen LogP contribution < -0.4 is 16.2 Å². The van der Waals surface area contributed by atoms with E-state index in [-0.39, 0.29) is 35.5 Å². The quantitative estimate of drug-likeness (QED) is 0.261. The van der Waals surface area contributed by atoms with Gasteiger partial charge in [-0.15, -0.1) is 0 Å². The molecule has 3 aromatic carbocycles. The molecule has 0 radical (unpaired) electrons. The molecule has 7 nitrogen and oxygen atoms in total. The first kappa shape index (κ1) is 26.0. The molecule has 0 atom stereocenters. The predicted octanol–water partition coefficient (Wildman–Crippen LogP) is 4.59. The fourth-order valence-corrected chi connectivity index (χ4v) is 4.40. The Morgan fingerprint density at radius 1 is 1.03 bits per heavy atom. The Kier molecular flexibility index (Phi) is 7.98. The third kappa shape index (κ3) is 6.39. The molecule has 0 aliphatic rings. The number of hydrogen-bond donors (Lipinski definition) is 2. The monoisotopic (exact) mass is 522 g/mol. The van der Waals surface area contributed by atoms with Crippen molar-refractivity contribution < 1.29 is 18.4 Å². The lowest BCUT2D eigenvalue weighted by molar-refractivity contribution is -0.113.